The predicted molar refractivity (Wildman–Crippen MR) is 131 cm³/mol. The number of carbonyl (C=O) groups is 3. The Hall–Kier alpha value is -3.03. The van der Waals surface area contributed by atoms with Gasteiger partial charge in [0.1, 0.15) is 0 Å². The van der Waals surface area contributed by atoms with Crippen LogP contribution in [0, 0.1) is 0 Å². The molecule has 0 radical (unpaired) electrons. The van der Waals surface area contributed by atoms with Crippen molar-refractivity contribution in [1.82, 2.24) is 9.80 Å². The molecule has 1 fully saturated rings. The number of fused-ring (bicyclic) bond motifs is 1. The van der Waals surface area contributed by atoms with Gasteiger partial charge in [-0.3, -0.25) is 24.2 Å². The number of anilines is 1. The second-order valence-electron chi connectivity index (χ2n) is 9.19. The molecule has 2 aliphatic rings. The number of benzene rings is 2. The first-order valence-corrected chi connectivity index (χ1v) is 12.1. The Morgan fingerprint density at radius 3 is 2.56 bits per heavy atom. The number of methoxy groups -OCH3 is 1. The highest BCUT2D eigenvalue weighted by molar-refractivity contribution is 6.22. The SMILES string of the molecule is COCCCN1C(=O)c2ccc(C(=O)Nc3ccccc3CN(C)C3CCCCC3)cc2C1=O. The molecule has 1 heterocycles. The summed E-state index contributed by atoms with van der Waals surface area (Å²) < 4.78 is 5.02. The molecule has 0 bridgehead atoms. The third-order valence-corrected chi connectivity index (χ3v) is 6.85. The number of rotatable bonds is 9. The summed E-state index contributed by atoms with van der Waals surface area (Å²) in [4.78, 5) is 42.1. The van der Waals surface area contributed by atoms with Gasteiger partial charge < -0.3 is 10.1 Å². The van der Waals surface area contributed by atoms with Gasteiger partial charge in [-0.2, -0.15) is 0 Å². The summed E-state index contributed by atoms with van der Waals surface area (Å²) in [6, 6.07) is 13.1. The normalized spacial score (nSPS) is 16.3. The van der Waals surface area contributed by atoms with Crippen LogP contribution in [0.5, 0.6) is 0 Å². The zero-order valence-electron chi connectivity index (χ0n) is 20.0. The fourth-order valence-electron chi connectivity index (χ4n) is 4.90. The van der Waals surface area contributed by atoms with Crippen molar-refractivity contribution < 1.29 is 19.1 Å². The van der Waals surface area contributed by atoms with E-state index in [1.54, 1.807) is 19.2 Å². The molecule has 0 spiro atoms. The van der Waals surface area contributed by atoms with Crippen molar-refractivity contribution >= 4 is 23.4 Å². The Morgan fingerprint density at radius 1 is 1.06 bits per heavy atom. The van der Waals surface area contributed by atoms with Gasteiger partial charge in [-0.1, -0.05) is 37.5 Å². The van der Waals surface area contributed by atoms with E-state index in [0.29, 0.717) is 36.7 Å². The number of ether oxygens (including phenoxy) is 1. The van der Waals surface area contributed by atoms with Crippen LogP contribution in [-0.4, -0.2) is 60.9 Å². The third kappa shape index (κ3) is 5.21. The van der Waals surface area contributed by atoms with Crippen LogP contribution in [0.25, 0.3) is 0 Å². The lowest BCUT2D eigenvalue weighted by molar-refractivity contribution is 0.0638. The zero-order valence-corrected chi connectivity index (χ0v) is 20.0. The van der Waals surface area contributed by atoms with Gasteiger partial charge >= 0.3 is 0 Å². The fraction of sp³-hybridized carbons (Fsp3) is 0.444. The average molecular weight is 464 g/mol. The molecule has 7 heteroatoms. The Bertz CT molecular complexity index is 1060. The summed E-state index contributed by atoms with van der Waals surface area (Å²) in [6.07, 6.45) is 6.87. The quantitative estimate of drug-likeness (QED) is 0.442. The maximum Gasteiger partial charge on any atom is 0.261 e. The first-order valence-electron chi connectivity index (χ1n) is 12.1. The van der Waals surface area contributed by atoms with Gasteiger partial charge in [0.15, 0.2) is 0 Å². The van der Waals surface area contributed by atoms with E-state index >= 15 is 0 Å². The number of carbonyl (C=O) groups excluding carboxylic acids is 3. The molecule has 0 unspecified atom stereocenters. The largest absolute Gasteiger partial charge is 0.385 e. The Balaban J connectivity index is 1.46. The van der Waals surface area contributed by atoms with Crippen molar-refractivity contribution in [3.63, 3.8) is 0 Å². The van der Waals surface area contributed by atoms with Crippen molar-refractivity contribution in [3.8, 4) is 0 Å². The highest BCUT2D eigenvalue weighted by atomic mass is 16.5. The van der Waals surface area contributed by atoms with Gasteiger partial charge in [0.05, 0.1) is 11.1 Å². The smallest absolute Gasteiger partial charge is 0.261 e. The molecule has 1 saturated carbocycles. The molecule has 34 heavy (non-hydrogen) atoms. The second-order valence-corrected chi connectivity index (χ2v) is 9.19. The molecule has 1 aliphatic carbocycles. The summed E-state index contributed by atoms with van der Waals surface area (Å²) in [5, 5.41) is 3.01. The van der Waals surface area contributed by atoms with E-state index in [-0.39, 0.29) is 23.3 Å². The van der Waals surface area contributed by atoms with E-state index in [4.69, 9.17) is 4.74 Å². The van der Waals surface area contributed by atoms with Crippen molar-refractivity contribution in [2.75, 3.05) is 32.6 Å². The molecule has 1 N–H and O–H groups in total. The fourth-order valence-corrected chi connectivity index (χ4v) is 4.90. The molecule has 2 aromatic carbocycles. The molecule has 0 atom stereocenters. The lowest BCUT2D eigenvalue weighted by Gasteiger charge is -2.31. The Kier molecular flexibility index (Phi) is 7.75. The lowest BCUT2D eigenvalue weighted by Crippen LogP contribution is -2.33. The van der Waals surface area contributed by atoms with Gasteiger partial charge in [0.2, 0.25) is 0 Å². The topological polar surface area (TPSA) is 79.0 Å². The van der Waals surface area contributed by atoms with E-state index in [2.05, 4.69) is 17.3 Å². The van der Waals surface area contributed by atoms with Gasteiger partial charge in [-0.05, 0) is 56.1 Å². The number of hydrogen-bond acceptors (Lipinski definition) is 5. The number of hydrogen-bond donors (Lipinski definition) is 1. The van der Waals surface area contributed by atoms with Gasteiger partial charge in [-0.25, -0.2) is 0 Å². The summed E-state index contributed by atoms with van der Waals surface area (Å²) in [5.41, 5.74) is 2.79. The first-order chi connectivity index (χ1) is 16.5. The molecular formula is C27H33N3O4. The molecule has 0 aromatic heterocycles. The van der Waals surface area contributed by atoms with Crippen LogP contribution >= 0.6 is 0 Å². The number of nitrogens with zero attached hydrogens (tertiary/aromatic N) is 2. The number of para-hydroxylation sites is 1. The standard InChI is InChI=1S/C27H33N3O4/c1-29(21-10-4-3-5-11-21)18-20-9-6-7-12-24(20)28-25(31)19-13-14-22-23(17-19)27(33)30(26(22)32)15-8-16-34-2/h6-7,9,12-14,17,21H,3-5,8,10-11,15-16,18H2,1-2H3,(H,28,31). The minimum absolute atomic E-state index is 0.278. The lowest BCUT2D eigenvalue weighted by atomic mass is 9.94. The average Bonchev–Trinajstić information content (AvgIpc) is 3.10. The minimum Gasteiger partial charge on any atom is -0.385 e. The van der Waals surface area contributed by atoms with E-state index < -0.39 is 0 Å². The van der Waals surface area contributed by atoms with E-state index in [9.17, 15) is 14.4 Å². The highest BCUT2D eigenvalue weighted by Crippen LogP contribution is 2.27. The number of nitrogens with one attached hydrogen (secondary N) is 1. The molecule has 4 rings (SSSR count). The summed E-state index contributed by atoms with van der Waals surface area (Å²) >= 11 is 0. The van der Waals surface area contributed by atoms with Crippen molar-refractivity contribution in [2.24, 2.45) is 0 Å². The van der Waals surface area contributed by atoms with E-state index in [1.807, 2.05) is 24.3 Å². The highest BCUT2D eigenvalue weighted by Gasteiger charge is 2.35. The zero-order chi connectivity index (χ0) is 24.1. The molecule has 7 nitrogen and oxygen atoms in total. The van der Waals surface area contributed by atoms with Crippen LogP contribution in [0.15, 0.2) is 42.5 Å². The second kappa shape index (κ2) is 10.9. The molecular weight excluding hydrogens is 430 g/mol. The summed E-state index contributed by atoms with van der Waals surface area (Å²) in [5.74, 6) is -0.979. The van der Waals surface area contributed by atoms with E-state index in [1.165, 1.54) is 43.1 Å². The summed E-state index contributed by atoms with van der Waals surface area (Å²) in [7, 11) is 3.73. The maximum atomic E-state index is 13.1. The first kappa shape index (κ1) is 24.1. The Morgan fingerprint density at radius 2 is 1.79 bits per heavy atom. The third-order valence-electron chi connectivity index (χ3n) is 6.85. The van der Waals surface area contributed by atoms with Gasteiger partial charge in [-0.15, -0.1) is 0 Å². The van der Waals surface area contributed by atoms with Crippen LogP contribution in [0.2, 0.25) is 0 Å². The molecule has 1 aliphatic heterocycles. The number of imide groups is 1. The molecule has 0 saturated heterocycles. The van der Waals surface area contributed by atoms with Gasteiger partial charge in [0.25, 0.3) is 17.7 Å². The van der Waals surface area contributed by atoms with Crippen LogP contribution < -0.4 is 5.32 Å². The molecule has 2 aromatic rings. The predicted octanol–water partition coefficient (Wildman–Crippen LogP) is 4.34. The van der Waals surface area contributed by atoms with Crippen LogP contribution in [-0.2, 0) is 11.3 Å². The van der Waals surface area contributed by atoms with Crippen molar-refractivity contribution in [3.05, 3.63) is 64.7 Å². The monoisotopic (exact) mass is 463 g/mol. The van der Waals surface area contributed by atoms with Crippen LogP contribution in [0.3, 0.4) is 0 Å². The summed E-state index contributed by atoms with van der Waals surface area (Å²) in [6.45, 7) is 1.52. The number of amides is 3. The van der Waals surface area contributed by atoms with Gasteiger partial charge in [0, 0.05) is 44.1 Å². The maximum absolute atomic E-state index is 13.1. The van der Waals surface area contributed by atoms with Crippen molar-refractivity contribution in [2.45, 2.75) is 51.1 Å². The Labute approximate surface area is 201 Å². The van der Waals surface area contributed by atoms with Crippen molar-refractivity contribution in [1.29, 1.82) is 0 Å². The van der Waals surface area contributed by atoms with Crippen LogP contribution in [0.4, 0.5) is 5.69 Å². The minimum atomic E-state index is -0.361. The molecule has 3 amide bonds. The van der Waals surface area contributed by atoms with Crippen LogP contribution in [0.1, 0.15) is 75.2 Å². The molecule has 180 valence electrons. The van der Waals surface area contributed by atoms with E-state index in [0.717, 1.165) is 17.8 Å².